The van der Waals surface area contributed by atoms with Gasteiger partial charge < -0.3 is 25.6 Å². The van der Waals surface area contributed by atoms with Gasteiger partial charge >= 0.3 is 6.01 Å². The quantitative estimate of drug-likeness (QED) is 0.246. The molecule has 0 saturated carbocycles. The number of fused-ring (bicyclic) bond motifs is 5. The number of aryl methyl sites for hydroxylation is 2. The van der Waals surface area contributed by atoms with Gasteiger partial charge in [-0.3, -0.25) is 14.9 Å². The van der Waals surface area contributed by atoms with Gasteiger partial charge in [-0.2, -0.15) is 9.97 Å². The van der Waals surface area contributed by atoms with Gasteiger partial charge in [0.25, 0.3) is 0 Å². The second kappa shape index (κ2) is 13.2. The van der Waals surface area contributed by atoms with Crippen molar-refractivity contribution in [2.24, 2.45) is 21.6 Å². The molecule has 3 atom stereocenters. The molecule has 266 valence electrons. The van der Waals surface area contributed by atoms with Gasteiger partial charge in [0.1, 0.15) is 18.2 Å². The van der Waals surface area contributed by atoms with E-state index >= 15 is 0 Å². The Balaban J connectivity index is 1.39. The van der Waals surface area contributed by atoms with Gasteiger partial charge in [0.2, 0.25) is 0 Å². The smallest absolute Gasteiger partial charge is 0.319 e. The molecule has 4 aromatic rings. The van der Waals surface area contributed by atoms with Gasteiger partial charge in [0, 0.05) is 36.1 Å². The summed E-state index contributed by atoms with van der Waals surface area (Å²) < 4.78 is 6.60. The first-order valence-electron chi connectivity index (χ1n) is 18.6. The number of phenols is 1. The fourth-order valence-corrected chi connectivity index (χ4v) is 8.69. The molecular formula is C41H49N7O3. The molecule has 0 amide bonds. The van der Waals surface area contributed by atoms with Crippen LogP contribution in [0.25, 0.3) is 38.9 Å². The summed E-state index contributed by atoms with van der Waals surface area (Å²) in [5, 5.41) is 25.8. The van der Waals surface area contributed by atoms with Gasteiger partial charge in [-0.15, -0.1) is 0 Å². The molecule has 5 heterocycles. The van der Waals surface area contributed by atoms with Crippen LogP contribution in [0.2, 0.25) is 0 Å². The molecular weight excluding hydrogens is 638 g/mol. The van der Waals surface area contributed by atoms with Crippen LogP contribution < -0.4 is 25.9 Å². The van der Waals surface area contributed by atoms with E-state index in [1.807, 2.05) is 12.1 Å². The van der Waals surface area contributed by atoms with Gasteiger partial charge in [-0.1, -0.05) is 32.1 Å². The van der Waals surface area contributed by atoms with Crippen molar-refractivity contribution in [1.82, 2.24) is 14.9 Å². The number of aliphatic hydroxyl groups excluding tert-OH is 1. The summed E-state index contributed by atoms with van der Waals surface area (Å²) in [5.41, 5.74) is 12.5. The molecule has 0 bridgehead atoms. The van der Waals surface area contributed by atoms with Gasteiger partial charge in [0.15, 0.2) is 0 Å². The lowest BCUT2D eigenvalue weighted by molar-refractivity contribution is -0.0132. The Bertz CT molecular complexity index is 2230. The van der Waals surface area contributed by atoms with Crippen LogP contribution in [-0.4, -0.2) is 88.3 Å². The van der Waals surface area contributed by atoms with E-state index in [2.05, 4.69) is 61.8 Å². The Kier molecular flexibility index (Phi) is 8.71. The molecule has 4 N–H and O–H groups in total. The van der Waals surface area contributed by atoms with Crippen LogP contribution in [0.15, 0.2) is 52.1 Å². The van der Waals surface area contributed by atoms with Crippen LogP contribution in [0.5, 0.6) is 11.8 Å². The topological polar surface area (TPSA) is 133 Å². The number of nitrogens with two attached hydrogens (primary N) is 1. The number of rotatable bonds is 8. The van der Waals surface area contributed by atoms with Crippen molar-refractivity contribution in [3.8, 4) is 22.9 Å². The number of phenolic OH excluding ortho intramolecular Hbond substituents is 1. The fraction of sp³-hybridized carbons (Fsp3) is 0.463. The van der Waals surface area contributed by atoms with E-state index in [0.717, 1.165) is 100 Å². The number of aromatic hydroxyl groups is 1. The fourth-order valence-electron chi connectivity index (χ4n) is 8.69. The van der Waals surface area contributed by atoms with E-state index in [1.165, 1.54) is 17.5 Å². The molecule has 8 rings (SSSR count). The summed E-state index contributed by atoms with van der Waals surface area (Å²) in [6, 6.07) is 10.6. The van der Waals surface area contributed by atoms with Crippen LogP contribution in [0.4, 0.5) is 5.82 Å². The van der Waals surface area contributed by atoms with Gasteiger partial charge in [-0.25, -0.2) is 0 Å². The average molecular weight is 688 g/mol. The van der Waals surface area contributed by atoms with Gasteiger partial charge in [0.05, 0.1) is 46.7 Å². The van der Waals surface area contributed by atoms with Crippen molar-refractivity contribution < 1.29 is 14.9 Å². The Labute approximate surface area is 299 Å². The highest BCUT2D eigenvalue weighted by Crippen LogP contribution is 2.41. The molecule has 0 spiro atoms. The molecule has 4 aliphatic heterocycles. The number of aliphatic hydroxyl groups is 1. The van der Waals surface area contributed by atoms with E-state index in [9.17, 15) is 10.2 Å². The number of aromatic nitrogens is 2. The Hall–Kier alpha value is -4.54. The maximum atomic E-state index is 11.1. The van der Waals surface area contributed by atoms with E-state index < -0.39 is 0 Å². The maximum Gasteiger partial charge on any atom is 0.319 e. The van der Waals surface area contributed by atoms with Crippen molar-refractivity contribution in [3.63, 3.8) is 0 Å². The zero-order valence-electron chi connectivity index (χ0n) is 30.2. The molecule has 4 aliphatic rings. The largest absolute Gasteiger partial charge is 0.508 e. The summed E-state index contributed by atoms with van der Waals surface area (Å²) in [6.45, 7) is 13.2. The number of hydrogen-bond donors (Lipinski definition) is 3. The monoisotopic (exact) mass is 687 g/mol. The number of benzene rings is 3. The first kappa shape index (κ1) is 33.6. The molecule has 3 aromatic carbocycles. The van der Waals surface area contributed by atoms with E-state index in [0.29, 0.717) is 31.4 Å². The Morgan fingerprint density at radius 3 is 2.69 bits per heavy atom. The van der Waals surface area contributed by atoms with Crippen LogP contribution in [0.1, 0.15) is 57.6 Å². The molecule has 51 heavy (non-hydrogen) atoms. The summed E-state index contributed by atoms with van der Waals surface area (Å²) in [7, 11) is 0. The highest BCUT2D eigenvalue weighted by molar-refractivity contribution is 6.04. The lowest BCUT2D eigenvalue weighted by atomic mass is 9.86. The molecule has 10 heteroatoms. The number of anilines is 1. The minimum atomic E-state index is -0.224. The van der Waals surface area contributed by atoms with Crippen molar-refractivity contribution in [2.75, 3.05) is 50.8 Å². The molecule has 2 saturated heterocycles. The molecule has 0 aliphatic carbocycles. The number of aliphatic imine (C=N–C) groups is 1. The first-order chi connectivity index (χ1) is 24.7. The zero-order chi connectivity index (χ0) is 35.4. The van der Waals surface area contributed by atoms with Gasteiger partial charge in [-0.05, 0) is 110 Å². The minimum absolute atomic E-state index is 0.0660. The molecule has 1 aromatic heterocycles. The molecule has 2 fully saturated rings. The van der Waals surface area contributed by atoms with E-state index in [4.69, 9.17) is 30.4 Å². The third kappa shape index (κ3) is 5.92. The summed E-state index contributed by atoms with van der Waals surface area (Å²) in [6.07, 6.45) is 9.26. The van der Waals surface area contributed by atoms with E-state index in [1.54, 1.807) is 6.08 Å². The van der Waals surface area contributed by atoms with Crippen LogP contribution >= 0.6 is 0 Å². The first-order valence-corrected chi connectivity index (χ1v) is 18.6. The Morgan fingerprint density at radius 1 is 1.06 bits per heavy atom. The lowest BCUT2D eigenvalue weighted by Crippen LogP contribution is -2.59. The predicted molar refractivity (Wildman–Crippen MR) is 204 cm³/mol. The summed E-state index contributed by atoms with van der Waals surface area (Å²) in [4.78, 5) is 25.4. The summed E-state index contributed by atoms with van der Waals surface area (Å²) in [5.74, 6) is 1.20. The van der Waals surface area contributed by atoms with Crippen molar-refractivity contribution in [2.45, 2.75) is 71.4 Å². The van der Waals surface area contributed by atoms with Crippen molar-refractivity contribution >= 4 is 39.3 Å². The minimum Gasteiger partial charge on any atom is -0.508 e. The van der Waals surface area contributed by atoms with Crippen LogP contribution in [0.3, 0.4) is 0 Å². The third-order valence-electron chi connectivity index (χ3n) is 11.7. The maximum absolute atomic E-state index is 11.1. The number of hydrogen-bond acceptors (Lipinski definition) is 10. The predicted octanol–water partition coefficient (Wildman–Crippen LogP) is 4.57. The lowest BCUT2D eigenvalue weighted by Gasteiger charge is -2.47. The van der Waals surface area contributed by atoms with Crippen LogP contribution in [-0.2, 0) is 6.42 Å². The Morgan fingerprint density at radius 2 is 1.92 bits per heavy atom. The highest BCUT2D eigenvalue weighted by Gasteiger charge is 2.48. The molecule has 3 unspecified atom stereocenters. The normalized spacial score (nSPS) is 23.6. The second-order valence-electron chi connectivity index (χ2n) is 15.0. The number of ether oxygens (including phenoxy) is 1. The van der Waals surface area contributed by atoms with E-state index in [-0.39, 0.29) is 29.9 Å². The highest BCUT2D eigenvalue weighted by atomic mass is 16.5. The average Bonchev–Trinajstić information content (AvgIpc) is 3.24. The molecule has 10 nitrogen and oxygen atoms in total. The van der Waals surface area contributed by atoms with Crippen molar-refractivity contribution in [3.05, 3.63) is 63.8 Å². The SMILES string of the molecule is CCc1c(C)ccc2cc(O)cc(-c3cc4nc(OCC56CCCN5CC6)nc(N5CCCN=C(/C=C(\N)CO)C5)c4c4c3=NC(C)C(C)C=4)c12. The summed E-state index contributed by atoms with van der Waals surface area (Å²) >= 11 is 0. The standard InChI is InChI=1S/C41H49N7O3/c1-5-31-24(2)8-9-27-17-30(50)19-32(36(27)31)33-20-35-37(34-16-25(3)26(4)44-38(33)34)39(47-13-7-12-43-29(21-47)18-28(42)22-49)46-40(45-35)51-23-41-10-6-14-48(41)15-11-41/h8-9,16-20,25-26,49-50H,5-7,10-15,21-23,42H2,1-4H3/b28-18-. The second-order valence-corrected chi connectivity index (χ2v) is 15.0. The molecule has 0 radical (unpaired) electrons. The number of nitrogens with zero attached hydrogens (tertiary/aromatic N) is 6. The van der Waals surface area contributed by atoms with Crippen LogP contribution in [0, 0.1) is 12.8 Å². The van der Waals surface area contributed by atoms with Crippen molar-refractivity contribution in [1.29, 1.82) is 0 Å². The third-order valence-corrected chi connectivity index (χ3v) is 11.7. The zero-order valence-corrected chi connectivity index (χ0v) is 30.2.